The van der Waals surface area contributed by atoms with E-state index in [0.29, 0.717) is 16.5 Å². The van der Waals surface area contributed by atoms with Gasteiger partial charge in [0.25, 0.3) is 0 Å². The van der Waals surface area contributed by atoms with Crippen LogP contribution in [0.3, 0.4) is 0 Å². The van der Waals surface area contributed by atoms with E-state index in [0.717, 1.165) is 17.0 Å². The summed E-state index contributed by atoms with van der Waals surface area (Å²) >= 11 is 3.16. The molecule has 0 aliphatic heterocycles. The van der Waals surface area contributed by atoms with E-state index in [1.165, 1.54) is 6.07 Å². The van der Waals surface area contributed by atoms with E-state index in [1.54, 1.807) is 6.07 Å². The fraction of sp³-hybridized carbons (Fsp3) is 0.0714. The van der Waals surface area contributed by atoms with E-state index in [-0.39, 0.29) is 5.82 Å². The fourth-order valence-electron chi connectivity index (χ4n) is 1.88. The van der Waals surface area contributed by atoms with Gasteiger partial charge in [-0.25, -0.2) is 9.37 Å². The number of hydrogen-bond acceptors (Lipinski definition) is 2. The molecular weight excluding hydrogens is 309 g/mol. The van der Waals surface area contributed by atoms with Crippen molar-refractivity contribution in [3.63, 3.8) is 0 Å². The Labute approximate surface area is 118 Å². The van der Waals surface area contributed by atoms with Gasteiger partial charge < -0.3 is 10.3 Å². The predicted molar refractivity (Wildman–Crippen MR) is 77.5 cm³/mol. The molecule has 3 rings (SSSR count). The molecule has 0 aliphatic rings. The van der Waals surface area contributed by atoms with Gasteiger partial charge in [0.2, 0.25) is 0 Å². The summed E-state index contributed by atoms with van der Waals surface area (Å²) in [6.45, 7) is 0.567. The second kappa shape index (κ2) is 5.01. The molecule has 0 atom stereocenters. The van der Waals surface area contributed by atoms with Crippen LogP contribution in [0.1, 0.15) is 5.82 Å². The minimum atomic E-state index is -0.293. The first-order chi connectivity index (χ1) is 9.22. The first kappa shape index (κ1) is 12.2. The topological polar surface area (TPSA) is 40.7 Å². The number of hydrogen-bond donors (Lipinski definition) is 2. The summed E-state index contributed by atoms with van der Waals surface area (Å²) in [5, 5.41) is 3.25. The molecule has 5 heteroatoms. The van der Waals surface area contributed by atoms with Crippen molar-refractivity contribution in [2.45, 2.75) is 6.54 Å². The van der Waals surface area contributed by atoms with Gasteiger partial charge in [-0.3, -0.25) is 0 Å². The monoisotopic (exact) mass is 319 g/mol. The Hall–Kier alpha value is -1.88. The lowest BCUT2D eigenvalue weighted by molar-refractivity contribution is 0.623. The number of rotatable bonds is 3. The standard InChI is InChI=1S/C14H11BrFN3/c15-10-6-12-13(7-11(10)16)19-14(18-12)8-17-9-4-2-1-3-5-9/h1-7,17H,8H2,(H,18,19). The summed E-state index contributed by atoms with van der Waals surface area (Å²) in [6, 6.07) is 13.0. The van der Waals surface area contributed by atoms with Crippen LogP contribution < -0.4 is 5.32 Å². The number of nitrogens with zero attached hydrogens (tertiary/aromatic N) is 1. The Morgan fingerprint density at radius 3 is 2.79 bits per heavy atom. The molecule has 19 heavy (non-hydrogen) atoms. The molecule has 0 saturated carbocycles. The molecule has 1 aromatic heterocycles. The highest BCUT2D eigenvalue weighted by Crippen LogP contribution is 2.22. The summed E-state index contributed by atoms with van der Waals surface area (Å²) in [5.74, 6) is 0.482. The number of imidazole rings is 1. The van der Waals surface area contributed by atoms with Crippen molar-refractivity contribution in [2.75, 3.05) is 5.32 Å². The van der Waals surface area contributed by atoms with E-state index in [4.69, 9.17) is 0 Å². The van der Waals surface area contributed by atoms with E-state index < -0.39 is 0 Å². The molecule has 0 unspecified atom stereocenters. The van der Waals surface area contributed by atoms with Crippen molar-refractivity contribution in [1.82, 2.24) is 9.97 Å². The third-order valence-corrected chi connectivity index (χ3v) is 3.41. The van der Waals surface area contributed by atoms with Gasteiger partial charge in [0, 0.05) is 11.8 Å². The van der Waals surface area contributed by atoms with Crippen molar-refractivity contribution < 1.29 is 4.39 Å². The maximum Gasteiger partial charge on any atom is 0.139 e. The van der Waals surface area contributed by atoms with Gasteiger partial charge in [-0.2, -0.15) is 0 Å². The third kappa shape index (κ3) is 2.61. The number of aromatic nitrogens is 2. The van der Waals surface area contributed by atoms with Gasteiger partial charge in [-0.1, -0.05) is 18.2 Å². The van der Waals surface area contributed by atoms with Gasteiger partial charge in [-0.05, 0) is 34.1 Å². The number of H-pyrrole nitrogens is 1. The van der Waals surface area contributed by atoms with Gasteiger partial charge in [0.1, 0.15) is 11.6 Å². The minimum Gasteiger partial charge on any atom is -0.378 e. The molecule has 0 spiro atoms. The molecule has 0 fully saturated rings. The molecule has 2 N–H and O–H groups in total. The summed E-state index contributed by atoms with van der Waals surface area (Å²) in [4.78, 5) is 7.51. The predicted octanol–water partition coefficient (Wildman–Crippen LogP) is 4.08. The van der Waals surface area contributed by atoms with Crippen molar-refractivity contribution >= 4 is 32.7 Å². The average Bonchev–Trinajstić information content (AvgIpc) is 2.80. The van der Waals surface area contributed by atoms with Crippen LogP contribution in [0.5, 0.6) is 0 Å². The van der Waals surface area contributed by atoms with Crippen molar-refractivity contribution in [3.05, 3.63) is 58.6 Å². The molecule has 3 nitrogen and oxygen atoms in total. The van der Waals surface area contributed by atoms with Gasteiger partial charge in [-0.15, -0.1) is 0 Å². The van der Waals surface area contributed by atoms with Crippen molar-refractivity contribution in [3.8, 4) is 0 Å². The van der Waals surface area contributed by atoms with Crippen LogP contribution in [0.2, 0.25) is 0 Å². The highest BCUT2D eigenvalue weighted by atomic mass is 79.9. The van der Waals surface area contributed by atoms with E-state index in [9.17, 15) is 4.39 Å². The van der Waals surface area contributed by atoms with Crippen LogP contribution >= 0.6 is 15.9 Å². The molecule has 1 heterocycles. The van der Waals surface area contributed by atoms with Gasteiger partial charge in [0.15, 0.2) is 0 Å². The first-order valence-corrected chi connectivity index (χ1v) is 6.64. The molecule has 0 aliphatic carbocycles. The number of fused-ring (bicyclic) bond motifs is 1. The molecule has 0 radical (unpaired) electrons. The highest BCUT2D eigenvalue weighted by molar-refractivity contribution is 9.10. The zero-order valence-electron chi connectivity index (χ0n) is 9.95. The molecule has 0 amide bonds. The number of benzene rings is 2. The second-order valence-corrected chi connectivity index (χ2v) is 5.04. The Bertz CT molecular complexity index is 670. The van der Waals surface area contributed by atoms with Gasteiger partial charge >= 0.3 is 0 Å². The minimum absolute atomic E-state index is 0.293. The fourth-order valence-corrected chi connectivity index (χ4v) is 2.21. The van der Waals surface area contributed by atoms with Crippen molar-refractivity contribution in [2.24, 2.45) is 0 Å². The Balaban J connectivity index is 1.82. The summed E-state index contributed by atoms with van der Waals surface area (Å²) in [5.41, 5.74) is 2.47. The quantitative estimate of drug-likeness (QED) is 0.763. The lowest BCUT2D eigenvalue weighted by atomic mass is 10.3. The number of aromatic amines is 1. The largest absolute Gasteiger partial charge is 0.378 e. The Kier molecular flexibility index (Phi) is 3.21. The maximum absolute atomic E-state index is 13.4. The van der Waals surface area contributed by atoms with Crippen LogP contribution in [-0.4, -0.2) is 9.97 Å². The summed E-state index contributed by atoms with van der Waals surface area (Å²) in [6.07, 6.45) is 0. The Morgan fingerprint density at radius 1 is 1.21 bits per heavy atom. The molecule has 3 aromatic rings. The number of anilines is 1. The molecule has 0 saturated heterocycles. The van der Waals surface area contributed by atoms with Crippen LogP contribution in [0, 0.1) is 5.82 Å². The molecule has 96 valence electrons. The van der Waals surface area contributed by atoms with Crippen molar-refractivity contribution in [1.29, 1.82) is 0 Å². The normalized spacial score (nSPS) is 10.8. The SMILES string of the molecule is Fc1cc2[nH]c(CNc3ccccc3)nc2cc1Br. The number of halogens is 2. The molecular formula is C14H11BrFN3. The first-order valence-electron chi connectivity index (χ1n) is 5.85. The zero-order valence-corrected chi connectivity index (χ0v) is 11.5. The lowest BCUT2D eigenvalue weighted by Gasteiger charge is -2.02. The van der Waals surface area contributed by atoms with E-state index in [1.807, 2.05) is 30.3 Å². The third-order valence-electron chi connectivity index (χ3n) is 2.81. The number of para-hydroxylation sites is 1. The van der Waals surface area contributed by atoms with Crippen LogP contribution in [0.4, 0.5) is 10.1 Å². The average molecular weight is 320 g/mol. The summed E-state index contributed by atoms with van der Waals surface area (Å²) < 4.78 is 13.8. The van der Waals surface area contributed by atoms with Gasteiger partial charge in [0.05, 0.1) is 22.1 Å². The van der Waals surface area contributed by atoms with Crippen LogP contribution in [0.25, 0.3) is 11.0 Å². The molecule has 2 aromatic carbocycles. The van der Waals surface area contributed by atoms with E-state index in [2.05, 4.69) is 31.2 Å². The molecule has 0 bridgehead atoms. The highest BCUT2D eigenvalue weighted by Gasteiger charge is 2.07. The second-order valence-electron chi connectivity index (χ2n) is 4.19. The Morgan fingerprint density at radius 2 is 2.00 bits per heavy atom. The zero-order chi connectivity index (χ0) is 13.2. The lowest BCUT2D eigenvalue weighted by Crippen LogP contribution is -2.00. The smallest absolute Gasteiger partial charge is 0.139 e. The summed E-state index contributed by atoms with van der Waals surface area (Å²) in [7, 11) is 0. The van der Waals surface area contributed by atoms with Crippen LogP contribution in [-0.2, 0) is 6.54 Å². The maximum atomic E-state index is 13.4. The number of nitrogens with one attached hydrogen (secondary N) is 2. The van der Waals surface area contributed by atoms with Crippen LogP contribution in [0.15, 0.2) is 46.9 Å². The van der Waals surface area contributed by atoms with E-state index >= 15 is 0 Å².